The Kier molecular flexibility index (Phi) is 5.15. The van der Waals surface area contributed by atoms with Gasteiger partial charge < -0.3 is 19.3 Å². The lowest BCUT2D eigenvalue weighted by Crippen LogP contribution is -2.45. The van der Waals surface area contributed by atoms with Gasteiger partial charge in [-0.3, -0.25) is 14.5 Å². The quantitative estimate of drug-likeness (QED) is 0.724. The summed E-state index contributed by atoms with van der Waals surface area (Å²) in [5.41, 5.74) is 2.65. The first-order valence-electron chi connectivity index (χ1n) is 9.67. The SMILES string of the molecule is COc1ccc(CN2C(=O)c3cccc(N4CCN(C)CC4)c3C2=O)cc1OC. The minimum absolute atomic E-state index is 0.189. The summed E-state index contributed by atoms with van der Waals surface area (Å²) in [4.78, 5) is 32.0. The topological polar surface area (TPSA) is 62.3 Å². The van der Waals surface area contributed by atoms with Gasteiger partial charge in [-0.2, -0.15) is 0 Å². The molecule has 0 spiro atoms. The number of likely N-dealkylation sites (N-methyl/N-ethyl adjacent to an activating group) is 1. The number of benzene rings is 2. The number of rotatable bonds is 5. The average Bonchev–Trinajstić information content (AvgIpc) is 2.99. The molecule has 0 aromatic heterocycles. The van der Waals surface area contributed by atoms with Crippen LogP contribution in [0.4, 0.5) is 5.69 Å². The maximum Gasteiger partial charge on any atom is 0.263 e. The van der Waals surface area contributed by atoms with Crippen molar-refractivity contribution in [2.75, 3.05) is 52.3 Å². The first kappa shape index (κ1) is 19.3. The monoisotopic (exact) mass is 395 g/mol. The van der Waals surface area contributed by atoms with Crippen molar-refractivity contribution in [3.63, 3.8) is 0 Å². The molecular weight excluding hydrogens is 370 g/mol. The predicted molar refractivity (Wildman–Crippen MR) is 110 cm³/mol. The fourth-order valence-electron chi connectivity index (χ4n) is 3.93. The first-order valence-corrected chi connectivity index (χ1v) is 9.67. The van der Waals surface area contributed by atoms with E-state index < -0.39 is 0 Å². The second kappa shape index (κ2) is 7.75. The zero-order valence-corrected chi connectivity index (χ0v) is 17.0. The molecule has 29 heavy (non-hydrogen) atoms. The minimum Gasteiger partial charge on any atom is -0.493 e. The van der Waals surface area contributed by atoms with Crippen LogP contribution in [0.1, 0.15) is 26.3 Å². The fourth-order valence-corrected chi connectivity index (χ4v) is 3.93. The number of imide groups is 1. The lowest BCUT2D eigenvalue weighted by molar-refractivity contribution is 0.0642. The highest BCUT2D eigenvalue weighted by atomic mass is 16.5. The number of carbonyl (C=O) groups excluding carboxylic acids is 2. The number of hydrogen-bond acceptors (Lipinski definition) is 6. The second-order valence-corrected chi connectivity index (χ2v) is 7.38. The molecule has 2 heterocycles. The molecule has 1 saturated heterocycles. The molecule has 2 aromatic carbocycles. The molecule has 0 unspecified atom stereocenters. The number of amides is 2. The van der Waals surface area contributed by atoms with Crippen molar-refractivity contribution in [2.24, 2.45) is 0 Å². The van der Waals surface area contributed by atoms with E-state index in [4.69, 9.17) is 9.47 Å². The van der Waals surface area contributed by atoms with Gasteiger partial charge in [0.15, 0.2) is 11.5 Å². The van der Waals surface area contributed by atoms with Gasteiger partial charge in [0.25, 0.3) is 11.8 Å². The molecule has 2 aliphatic heterocycles. The van der Waals surface area contributed by atoms with Gasteiger partial charge in [0.2, 0.25) is 0 Å². The molecule has 0 bridgehead atoms. The Labute approximate surface area is 170 Å². The zero-order valence-electron chi connectivity index (χ0n) is 17.0. The Morgan fingerprint density at radius 1 is 0.897 bits per heavy atom. The molecule has 0 aliphatic carbocycles. The first-order chi connectivity index (χ1) is 14.0. The summed E-state index contributed by atoms with van der Waals surface area (Å²) in [6.45, 7) is 3.73. The van der Waals surface area contributed by atoms with E-state index in [2.05, 4.69) is 16.8 Å². The summed E-state index contributed by atoms with van der Waals surface area (Å²) in [6.07, 6.45) is 0. The second-order valence-electron chi connectivity index (χ2n) is 7.38. The molecule has 7 nitrogen and oxygen atoms in total. The Bertz CT molecular complexity index is 951. The van der Waals surface area contributed by atoms with Crippen LogP contribution in [0.25, 0.3) is 0 Å². The number of hydrogen-bond donors (Lipinski definition) is 0. The van der Waals surface area contributed by atoms with E-state index in [1.54, 1.807) is 32.4 Å². The molecular formula is C22H25N3O4. The normalized spacial score (nSPS) is 16.9. The summed E-state index contributed by atoms with van der Waals surface area (Å²) in [6, 6.07) is 11.0. The third-order valence-corrected chi connectivity index (χ3v) is 5.61. The maximum atomic E-state index is 13.2. The van der Waals surface area contributed by atoms with E-state index in [1.165, 1.54) is 4.90 Å². The minimum atomic E-state index is -0.254. The number of fused-ring (bicyclic) bond motifs is 1. The van der Waals surface area contributed by atoms with Crippen molar-refractivity contribution in [3.8, 4) is 11.5 Å². The summed E-state index contributed by atoms with van der Waals surface area (Å²) in [5.74, 6) is 0.681. The van der Waals surface area contributed by atoms with Crippen LogP contribution in [0, 0.1) is 0 Å². The molecule has 0 N–H and O–H groups in total. The van der Waals surface area contributed by atoms with Crippen LogP contribution >= 0.6 is 0 Å². The summed E-state index contributed by atoms with van der Waals surface area (Å²) >= 11 is 0. The van der Waals surface area contributed by atoms with Gasteiger partial charge in [-0.15, -0.1) is 0 Å². The van der Waals surface area contributed by atoms with Gasteiger partial charge in [-0.25, -0.2) is 0 Å². The van der Waals surface area contributed by atoms with Crippen LogP contribution in [0.2, 0.25) is 0 Å². The molecule has 0 saturated carbocycles. The van der Waals surface area contributed by atoms with Crippen molar-refractivity contribution < 1.29 is 19.1 Å². The molecule has 152 valence electrons. The third kappa shape index (κ3) is 3.42. The molecule has 2 aliphatic rings. The zero-order chi connectivity index (χ0) is 20.5. The molecule has 0 atom stereocenters. The number of nitrogens with zero attached hydrogens (tertiary/aromatic N) is 3. The van der Waals surface area contributed by atoms with Gasteiger partial charge >= 0.3 is 0 Å². The van der Waals surface area contributed by atoms with Gasteiger partial charge in [0, 0.05) is 26.2 Å². The number of ether oxygens (including phenoxy) is 2. The van der Waals surface area contributed by atoms with Gasteiger partial charge in [-0.05, 0) is 36.9 Å². The van der Waals surface area contributed by atoms with Gasteiger partial charge in [-0.1, -0.05) is 12.1 Å². The lowest BCUT2D eigenvalue weighted by atomic mass is 10.1. The predicted octanol–water partition coefficient (Wildman–Crippen LogP) is 2.25. The van der Waals surface area contributed by atoms with Crippen molar-refractivity contribution in [1.29, 1.82) is 0 Å². The molecule has 1 fully saturated rings. The fraction of sp³-hybridized carbons (Fsp3) is 0.364. The Morgan fingerprint density at radius 3 is 2.31 bits per heavy atom. The molecule has 2 aromatic rings. The maximum absolute atomic E-state index is 13.2. The molecule has 7 heteroatoms. The molecule has 4 rings (SSSR count). The summed E-state index contributed by atoms with van der Waals surface area (Å²) in [7, 11) is 5.22. The van der Waals surface area contributed by atoms with E-state index >= 15 is 0 Å². The number of piperazine rings is 1. The van der Waals surface area contributed by atoms with E-state index in [9.17, 15) is 9.59 Å². The van der Waals surface area contributed by atoms with E-state index in [0.29, 0.717) is 22.6 Å². The Hall–Kier alpha value is -3.06. The number of carbonyl (C=O) groups is 2. The molecule has 2 amide bonds. The van der Waals surface area contributed by atoms with Crippen LogP contribution in [-0.4, -0.2) is 69.1 Å². The van der Waals surface area contributed by atoms with E-state index in [-0.39, 0.29) is 18.4 Å². The van der Waals surface area contributed by atoms with Gasteiger partial charge in [0.1, 0.15) is 0 Å². The summed E-state index contributed by atoms with van der Waals surface area (Å²) < 4.78 is 10.6. The highest BCUT2D eigenvalue weighted by Gasteiger charge is 2.38. The highest BCUT2D eigenvalue weighted by Crippen LogP contribution is 2.34. The smallest absolute Gasteiger partial charge is 0.263 e. The standard InChI is InChI=1S/C22H25N3O4/c1-23-9-11-24(12-10-23)17-6-4-5-16-20(17)22(27)25(21(16)26)14-15-7-8-18(28-2)19(13-15)29-3/h4-8,13H,9-12,14H2,1-3H3. The van der Waals surface area contributed by atoms with E-state index in [0.717, 1.165) is 37.4 Å². The molecule has 0 radical (unpaired) electrons. The third-order valence-electron chi connectivity index (χ3n) is 5.61. The van der Waals surface area contributed by atoms with E-state index in [1.807, 2.05) is 18.2 Å². The van der Waals surface area contributed by atoms with Crippen LogP contribution in [0.5, 0.6) is 11.5 Å². The van der Waals surface area contributed by atoms with Crippen molar-refractivity contribution in [2.45, 2.75) is 6.54 Å². The van der Waals surface area contributed by atoms with Gasteiger partial charge in [0.05, 0.1) is 37.6 Å². The number of methoxy groups -OCH3 is 2. The highest BCUT2D eigenvalue weighted by molar-refractivity contribution is 6.23. The van der Waals surface area contributed by atoms with Crippen molar-refractivity contribution in [1.82, 2.24) is 9.80 Å². The van der Waals surface area contributed by atoms with Crippen LogP contribution in [0.15, 0.2) is 36.4 Å². The Morgan fingerprint density at radius 2 is 1.62 bits per heavy atom. The van der Waals surface area contributed by atoms with Crippen molar-refractivity contribution in [3.05, 3.63) is 53.1 Å². The summed E-state index contributed by atoms with van der Waals surface area (Å²) in [5, 5.41) is 0. The largest absolute Gasteiger partial charge is 0.493 e. The average molecular weight is 395 g/mol. The van der Waals surface area contributed by atoms with Crippen LogP contribution < -0.4 is 14.4 Å². The van der Waals surface area contributed by atoms with Crippen LogP contribution in [0.3, 0.4) is 0 Å². The Balaban J connectivity index is 1.62. The van der Waals surface area contributed by atoms with Crippen LogP contribution in [-0.2, 0) is 6.54 Å². The van der Waals surface area contributed by atoms with Crippen molar-refractivity contribution >= 4 is 17.5 Å². The number of anilines is 1. The lowest BCUT2D eigenvalue weighted by Gasteiger charge is -2.34.